The van der Waals surface area contributed by atoms with E-state index in [-0.39, 0.29) is 12.0 Å². The molecular weight excluding hydrogens is 459 g/mol. The predicted molar refractivity (Wildman–Crippen MR) is 127 cm³/mol. The van der Waals surface area contributed by atoms with Crippen molar-refractivity contribution in [1.82, 2.24) is 24.2 Å². The Labute approximate surface area is 198 Å². The number of ether oxygens (including phenoxy) is 1. The van der Waals surface area contributed by atoms with Crippen LogP contribution in [-0.4, -0.2) is 71.3 Å². The molecule has 2 aliphatic heterocycles. The first-order valence-electron chi connectivity index (χ1n) is 11.6. The Morgan fingerprint density at radius 2 is 2.06 bits per heavy atom. The van der Waals surface area contributed by atoms with E-state index in [4.69, 9.17) is 4.74 Å². The Morgan fingerprint density at radius 3 is 2.76 bits per heavy atom. The molecule has 0 radical (unpaired) electrons. The maximum absolute atomic E-state index is 14.3. The maximum Gasteiger partial charge on any atom is 0.217 e. The molecule has 9 nitrogen and oxygen atoms in total. The summed E-state index contributed by atoms with van der Waals surface area (Å²) < 4.78 is 45.4. The van der Waals surface area contributed by atoms with Crippen LogP contribution < -0.4 is 9.64 Å². The Kier molecular flexibility index (Phi) is 6.15. The molecule has 0 amide bonds. The summed E-state index contributed by atoms with van der Waals surface area (Å²) in [4.78, 5) is 18.9. The van der Waals surface area contributed by atoms with Gasteiger partial charge in [0.2, 0.25) is 15.9 Å². The lowest BCUT2D eigenvalue weighted by molar-refractivity contribution is 0.316. The molecule has 182 valence electrons. The molecule has 5 rings (SSSR count). The number of hydrogen-bond donors (Lipinski definition) is 1. The Morgan fingerprint density at radius 1 is 1.26 bits per heavy atom. The van der Waals surface area contributed by atoms with Crippen molar-refractivity contribution in [2.24, 2.45) is 0 Å². The molecule has 0 bridgehead atoms. The van der Waals surface area contributed by atoms with Gasteiger partial charge in [-0.05, 0) is 25.8 Å². The van der Waals surface area contributed by atoms with Crippen molar-refractivity contribution in [2.75, 3.05) is 37.5 Å². The largest absolute Gasteiger partial charge is 0.478 e. The number of rotatable bonds is 6. The van der Waals surface area contributed by atoms with Gasteiger partial charge in [0.05, 0.1) is 36.0 Å². The molecule has 1 unspecified atom stereocenters. The third-order valence-corrected chi connectivity index (χ3v) is 8.14. The first-order valence-corrected chi connectivity index (χ1v) is 13.4. The van der Waals surface area contributed by atoms with E-state index in [1.807, 2.05) is 25.3 Å². The number of piperidine rings is 1. The number of nitrogens with zero attached hydrogens (tertiary/aromatic N) is 5. The van der Waals surface area contributed by atoms with Gasteiger partial charge in [-0.15, -0.1) is 0 Å². The van der Waals surface area contributed by atoms with Gasteiger partial charge in [0.15, 0.2) is 0 Å². The van der Waals surface area contributed by atoms with Gasteiger partial charge in [-0.25, -0.2) is 27.1 Å². The summed E-state index contributed by atoms with van der Waals surface area (Å²) in [6.45, 7) is 3.31. The monoisotopic (exact) mass is 488 g/mol. The number of fused-ring (bicyclic) bond motifs is 2. The number of aromatic nitrogens is 4. The van der Waals surface area contributed by atoms with Crippen LogP contribution in [0.3, 0.4) is 0 Å². The van der Waals surface area contributed by atoms with Crippen molar-refractivity contribution in [3.8, 4) is 5.88 Å². The summed E-state index contributed by atoms with van der Waals surface area (Å²) in [6, 6.07) is 3.46. The van der Waals surface area contributed by atoms with Crippen molar-refractivity contribution in [1.29, 1.82) is 0 Å². The van der Waals surface area contributed by atoms with Crippen LogP contribution in [0, 0.1) is 0 Å². The first kappa shape index (κ1) is 23.0. The van der Waals surface area contributed by atoms with Crippen LogP contribution in [0.1, 0.15) is 42.6 Å². The molecule has 1 saturated heterocycles. The van der Waals surface area contributed by atoms with E-state index in [2.05, 4.69) is 24.8 Å². The summed E-state index contributed by atoms with van der Waals surface area (Å²) in [6.07, 6.45) is 6.52. The van der Waals surface area contributed by atoms with Crippen molar-refractivity contribution >= 4 is 26.7 Å². The average Bonchev–Trinajstić information content (AvgIpc) is 3.31. The highest BCUT2D eigenvalue weighted by Gasteiger charge is 2.34. The van der Waals surface area contributed by atoms with Crippen molar-refractivity contribution < 1.29 is 17.5 Å². The summed E-state index contributed by atoms with van der Waals surface area (Å²) in [5, 5.41) is 0.908. The number of alkyl halides is 1. The Bertz CT molecular complexity index is 1290. The molecule has 34 heavy (non-hydrogen) atoms. The van der Waals surface area contributed by atoms with E-state index in [0.29, 0.717) is 57.0 Å². The highest BCUT2D eigenvalue weighted by atomic mass is 32.2. The highest BCUT2D eigenvalue weighted by molar-refractivity contribution is 7.88. The van der Waals surface area contributed by atoms with Gasteiger partial charge in [0.1, 0.15) is 18.6 Å². The zero-order valence-corrected chi connectivity index (χ0v) is 20.2. The fraction of sp³-hybridized carbons (Fsp3) is 0.522. The topological polar surface area (TPSA) is 104 Å². The fourth-order valence-electron chi connectivity index (χ4n) is 5.13. The van der Waals surface area contributed by atoms with E-state index < -0.39 is 16.7 Å². The average molecular weight is 489 g/mol. The van der Waals surface area contributed by atoms with E-state index in [1.54, 1.807) is 6.33 Å². The van der Waals surface area contributed by atoms with Gasteiger partial charge >= 0.3 is 0 Å². The Hall–Kier alpha value is -2.79. The fourth-order valence-corrected chi connectivity index (χ4v) is 6.01. The molecule has 3 aromatic rings. The van der Waals surface area contributed by atoms with Crippen LogP contribution in [0.2, 0.25) is 0 Å². The predicted octanol–water partition coefficient (Wildman–Crippen LogP) is 2.79. The van der Waals surface area contributed by atoms with Crippen molar-refractivity contribution in [3.05, 3.63) is 41.6 Å². The quantitative estimate of drug-likeness (QED) is 0.569. The molecule has 0 aliphatic carbocycles. The van der Waals surface area contributed by atoms with Gasteiger partial charge in [0.25, 0.3) is 0 Å². The van der Waals surface area contributed by atoms with E-state index in [1.165, 1.54) is 10.6 Å². The summed E-state index contributed by atoms with van der Waals surface area (Å²) in [5.74, 6) is 0.635. The molecule has 0 saturated carbocycles. The van der Waals surface area contributed by atoms with Crippen molar-refractivity contribution in [3.63, 3.8) is 0 Å². The minimum atomic E-state index is -3.20. The SMILES string of the molecule is CCOc1cc(N2Cc3c(ncnc3C3CCN(S(C)(=O)=O)CC3)CC2CF)c2cc[nH]c2n1. The van der Waals surface area contributed by atoms with E-state index in [0.717, 1.165) is 28.0 Å². The highest BCUT2D eigenvalue weighted by Crippen LogP contribution is 2.38. The second-order valence-electron chi connectivity index (χ2n) is 8.91. The lowest BCUT2D eigenvalue weighted by Gasteiger charge is -2.39. The number of halogens is 1. The summed E-state index contributed by atoms with van der Waals surface area (Å²) >= 11 is 0. The molecular formula is C23H29FN6O3S. The lowest BCUT2D eigenvalue weighted by Crippen LogP contribution is -2.43. The first-order chi connectivity index (χ1) is 16.4. The molecule has 11 heteroatoms. The number of sulfonamides is 1. The van der Waals surface area contributed by atoms with Crippen LogP contribution in [0.25, 0.3) is 11.0 Å². The number of pyridine rings is 1. The van der Waals surface area contributed by atoms with Crippen LogP contribution in [0.15, 0.2) is 24.7 Å². The Balaban J connectivity index is 1.51. The second-order valence-corrected chi connectivity index (χ2v) is 10.9. The molecule has 1 fully saturated rings. The number of anilines is 1. The normalized spacial score (nSPS) is 20.0. The maximum atomic E-state index is 14.3. The molecule has 3 aromatic heterocycles. The number of aromatic amines is 1. The lowest BCUT2D eigenvalue weighted by atomic mass is 9.87. The molecule has 2 aliphatic rings. The van der Waals surface area contributed by atoms with Gasteiger partial charge in [-0.1, -0.05) is 0 Å². The molecule has 5 heterocycles. The molecule has 0 aromatic carbocycles. The molecule has 1 atom stereocenters. The van der Waals surface area contributed by atoms with Gasteiger partial charge < -0.3 is 14.6 Å². The van der Waals surface area contributed by atoms with Gasteiger partial charge in [-0.2, -0.15) is 4.98 Å². The van der Waals surface area contributed by atoms with Gasteiger partial charge in [0, 0.05) is 55.2 Å². The second kappa shape index (κ2) is 9.10. The number of nitrogens with one attached hydrogen (secondary N) is 1. The van der Waals surface area contributed by atoms with Crippen LogP contribution >= 0.6 is 0 Å². The minimum Gasteiger partial charge on any atom is -0.478 e. The third kappa shape index (κ3) is 4.22. The molecule has 1 N–H and O–H groups in total. The zero-order chi connectivity index (χ0) is 23.9. The van der Waals surface area contributed by atoms with Crippen LogP contribution in [0.5, 0.6) is 5.88 Å². The van der Waals surface area contributed by atoms with E-state index >= 15 is 0 Å². The summed E-state index contributed by atoms with van der Waals surface area (Å²) in [5.41, 5.74) is 4.40. The van der Waals surface area contributed by atoms with Crippen molar-refractivity contribution in [2.45, 2.75) is 44.7 Å². The van der Waals surface area contributed by atoms with Gasteiger partial charge in [-0.3, -0.25) is 0 Å². The summed E-state index contributed by atoms with van der Waals surface area (Å²) in [7, 11) is -3.20. The number of hydrogen-bond acceptors (Lipinski definition) is 7. The number of H-pyrrole nitrogens is 1. The zero-order valence-electron chi connectivity index (χ0n) is 19.4. The standard InChI is InChI=1S/C23H29FN6O3S/c1-3-33-21-11-20(17-4-7-25-23(17)28-21)30-13-18-19(10-16(30)12-24)26-14-27-22(18)15-5-8-29(9-6-15)34(2,31)32/h4,7,11,14-16H,3,5-6,8-10,12-13H2,1-2H3,(H,25,28). The minimum absolute atomic E-state index is 0.141. The molecule has 0 spiro atoms. The van der Waals surface area contributed by atoms with Crippen LogP contribution in [-0.2, 0) is 23.0 Å². The van der Waals surface area contributed by atoms with E-state index in [9.17, 15) is 12.8 Å². The third-order valence-electron chi connectivity index (χ3n) is 6.84. The van der Waals surface area contributed by atoms with Crippen LogP contribution in [0.4, 0.5) is 10.1 Å². The smallest absolute Gasteiger partial charge is 0.217 e.